The summed E-state index contributed by atoms with van der Waals surface area (Å²) >= 11 is 0. The van der Waals surface area contributed by atoms with E-state index in [-0.39, 0.29) is 5.56 Å². The smallest absolute Gasteiger partial charge is 0.281 e. The van der Waals surface area contributed by atoms with Gasteiger partial charge in [-0.15, -0.1) is 0 Å². The number of benzene rings is 2. The van der Waals surface area contributed by atoms with Crippen molar-refractivity contribution in [3.63, 3.8) is 0 Å². The first-order valence-corrected chi connectivity index (χ1v) is 8.93. The molecule has 4 rings (SSSR count). The fourth-order valence-corrected chi connectivity index (χ4v) is 3.32. The second-order valence-corrected chi connectivity index (χ2v) is 6.67. The number of H-pyrrole nitrogens is 1. The molecule has 0 spiro atoms. The van der Waals surface area contributed by atoms with Crippen LogP contribution in [0.3, 0.4) is 0 Å². The summed E-state index contributed by atoms with van der Waals surface area (Å²) in [7, 11) is 3.18. The van der Waals surface area contributed by atoms with E-state index >= 15 is 0 Å². The average Bonchev–Trinajstić information content (AvgIpc) is 3.06. The van der Waals surface area contributed by atoms with E-state index in [9.17, 15) is 4.79 Å². The van der Waals surface area contributed by atoms with Gasteiger partial charge in [-0.2, -0.15) is 0 Å². The molecule has 0 aliphatic carbocycles. The van der Waals surface area contributed by atoms with Gasteiger partial charge in [-0.3, -0.25) is 9.89 Å². The SMILES string of the molecule is COc1ccc(-c2ccnc3[nH]n(-c4ccc(C)c(C)c4)c(=O)c23)cc1OC. The van der Waals surface area contributed by atoms with Crippen molar-refractivity contribution in [3.8, 4) is 28.3 Å². The normalized spacial score (nSPS) is 11.0. The molecule has 0 unspecified atom stereocenters. The third-order valence-corrected chi connectivity index (χ3v) is 5.03. The first kappa shape index (κ1) is 17.9. The summed E-state index contributed by atoms with van der Waals surface area (Å²) in [5.41, 5.74) is 5.12. The van der Waals surface area contributed by atoms with E-state index < -0.39 is 0 Å². The lowest BCUT2D eigenvalue weighted by Gasteiger charge is -2.10. The molecule has 2 aromatic heterocycles. The number of nitrogens with zero attached hydrogens (tertiary/aromatic N) is 2. The molecular formula is C22H21N3O3. The third-order valence-electron chi connectivity index (χ3n) is 5.03. The molecule has 2 aromatic carbocycles. The maximum Gasteiger partial charge on any atom is 0.281 e. The minimum Gasteiger partial charge on any atom is -0.493 e. The van der Waals surface area contributed by atoms with Crippen molar-refractivity contribution in [2.45, 2.75) is 13.8 Å². The summed E-state index contributed by atoms with van der Waals surface area (Å²) < 4.78 is 12.3. The largest absolute Gasteiger partial charge is 0.493 e. The molecule has 1 N–H and O–H groups in total. The molecule has 0 saturated heterocycles. The molecule has 0 fully saturated rings. The Hall–Kier alpha value is -3.54. The zero-order chi connectivity index (χ0) is 19.8. The Kier molecular flexibility index (Phi) is 4.39. The summed E-state index contributed by atoms with van der Waals surface area (Å²) in [4.78, 5) is 17.6. The maximum absolute atomic E-state index is 13.2. The highest BCUT2D eigenvalue weighted by Gasteiger charge is 2.16. The van der Waals surface area contributed by atoms with E-state index in [2.05, 4.69) is 10.1 Å². The molecule has 0 bridgehead atoms. The topological polar surface area (TPSA) is 69.1 Å². The van der Waals surface area contributed by atoms with Crippen LogP contribution in [0, 0.1) is 13.8 Å². The summed E-state index contributed by atoms with van der Waals surface area (Å²) in [5, 5.41) is 3.66. The van der Waals surface area contributed by atoms with Gasteiger partial charge in [0, 0.05) is 6.20 Å². The standard InChI is InChI=1S/C22H21N3O3/c1-13-5-7-16(11-14(13)2)25-22(26)20-17(9-10-23-21(20)24-25)15-6-8-18(27-3)19(12-15)28-4/h5-12H,1-4H3,(H,23,24). The van der Waals surface area contributed by atoms with Gasteiger partial charge in [-0.25, -0.2) is 9.67 Å². The monoisotopic (exact) mass is 375 g/mol. The fraction of sp³-hybridized carbons (Fsp3) is 0.182. The van der Waals surface area contributed by atoms with Crippen LogP contribution in [0.25, 0.3) is 27.8 Å². The summed E-state index contributed by atoms with van der Waals surface area (Å²) in [6, 6.07) is 13.4. The van der Waals surface area contributed by atoms with E-state index in [0.717, 1.165) is 22.4 Å². The summed E-state index contributed by atoms with van der Waals surface area (Å²) in [5.74, 6) is 1.24. The second kappa shape index (κ2) is 6.88. The van der Waals surface area contributed by atoms with Gasteiger partial charge in [0.1, 0.15) is 0 Å². The zero-order valence-electron chi connectivity index (χ0n) is 16.2. The molecule has 0 aliphatic heterocycles. The van der Waals surface area contributed by atoms with Crippen LogP contribution in [0.5, 0.6) is 11.5 Å². The van der Waals surface area contributed by atoms with Gasteiger partial charge >= 0.3 is 0 Å². The third kappa shape index (κ3) is 2.83. The first-order valence-electron chi connectivity index (χ1n) is 8.93. The molecule has 6 nitrogen and oxygen atoms in total. The van der Waals surface area contributed by atoms with Crippen molar-refractivity contribution in [2.24, 2.45) is 0 Å². The first-order chi connectivity index (χ1) is 13.5. The van der Waals surface area contributed by atoms with E-state index in [1.165, 1.54) is 10.2 Å². The Balaban J connectivity index is 1.93. The Morgan fingerprint density at radius 3 is 2.43 bits per heavy atom. The number of aryl methyl sites for hydroxylation is 2. The van der Waals surface area contributed by atoms with Crippen molar-refractivity contribution in [1.82, 2.24) is 14.8 Å². The van der Waals surface area contributed by atoms with E-state index in [0.29, 0.717) is 22.5 Å². The molecule has 142 valence electrons. The highest BCUT2D eigenvalue weighted by Crippen LogP contribution is 2.34. The van der Waals surface area contributed by atoms with Gasteiger partial charge in [0.15, 0.2) is 17.1 Å². The van der Waals surface area contributed by atoms with Crippen molar-refractivity contribution >= 4 is 11.0 Å². The lowest BCUT2D eigenvalue weighted by atomic mass is 10.0. The van der Waals surface area contributed by atoms with Crippen molar-refractivity contribution < 1.29 is 9.47 Å². The van der Waals surface area contributed by atoms with Crippen LogP contribution >= 0.6 is 0 Å². The van der Waals surface area contributed by atoms with Crippen LogP contribution in [0.2, 0.25) is 0 Å². The number of hydrogen-bond acceptors (Lipinski definition) is 4. The molecule has 0 saturated carbocycles. The molecule has 0 aliphatic rings. The van der Waals surface area contributed by atoms with Crippen molar-refractivity contribution in [3.05, 3.63) is 70.1 Å². The molecule has 28 heavy (non-hydrogen) atoms. The van der Waals surface area contributed by atoms with Gasteiger partial charge in [0.2, 0.25) is 0 Å². The second-order valence-electron chi connectivity index (χ2n) is 6.67. The number of fused-ring (bicyclic) bond motifs is 1. The molecule has 4 aromatic rings. The van der Waals surface area contributed by atoms with Crippen LogP contribution in [0.15, 0.2) is 53.5 Å². The number of aromatic nitrogens is 3. The minimum atomic E-state index is -0.142. The lowest BCUT2D eigenvalue weighted by Crippen LogP contribution is -2.14. The minimum absolute atomic E-state index is 0.142. The number of ether oxygens (including phenoxy) is 2. The fourth-order valence-electron chi connectivity index (χ4n) is 3.32. The lowest BCUT2D eigenvalue weighted by molar-refractivity contribution is 0.355. The van der Waals surface area contributed by atoms with Gasteiger partial charge in [-0.1, -0.05) is 12.1 Å². The Morgan fingerprint density at radius 2 is 1.71 bits per heavy atom. The number of methoxy groups -OCH3 is 2. The van der Waals surface area contributed by atoms with E-state index in [4.69, 9.17) is 9.47 Å². The van der Waals surface area contributed by atoms with Crippen molar-refractivity contribution in [1.29, 1.82) is 0 Å². The molecule has 2 heterocycles. The highest BCUT2D eigenvalue weighted by atomic mass is 16.5. The predicted octanol–water partition coefficient (Wildman–Crippen LogP) is 4.01. The highest BCUT2D eigenvalue weighted by molar-refractivity contribution is 5.92. The number of pyridine rings is 1. The van der Waals surface area contributed by atoms with Gasteiger partial charge < -0.3 is 9.47 Å². The van der Waals surface area contributed by atoms with Crippen LogP contribution in [-0.2, 0) is 0 Å². The Morgan fingerprint density at radius 1 is 0.929 bits per heavy atom. The van der Waals surface area contributed by atoms with Crippen LogP contribution in [0.1, 0.15) is 11.1 Å². The molecule has 0 atom stereocenters. The van der Waals surface area contributed by atoms with Crippen LogP contribution < -0.4 is 15.0 Å². The number of hydrogen-bond donors (Lipinski definition) is 1. The predicted molar refractivity (Wildman–Crippen MR) is 110 cm³/mol. The number of rotatable bonds is 4. The van der Waals surface area contributed by atoms with Gasteiger partial charge in [-0.05, 0) is 66.4 Å². The molecular weight excluding hydrogens is 354 g/mol. The Labute approximate surface area is 162 Å². The van der Waals surface area contributed by atoms with Crippen LogP contribution in [0.4, 0.5) is 0 Å². The molecule has 0 amide bonds. The van der Waals surface area contributed by atoms with Gasteiger partial charge in [0.25, 0.3) is 5.56 Å². The maximum atomic E-state index is 13.2. The summed E-state index contributed by atoms with van der Waals surface area (Å²) in [6.07, 6.45) is 1.69. The van der Waals surface area contributed by atoms with E-state index in [1.54, 1.807) is 20.4 Å². The average molecular weight is 375 g/mol. The quantitative estimate of drug-likeness (QED) is 0.585. The van der Waals surface area contributed by atoms with Crippen molar-refractivity contribution in [2.75, 3.05) is 14.2 Å². The molecule has 0 radical (unpaired) electrons. The zero-order valence-corrected chi connectivity index (χ0v) is 16.2. The van der Waals surface area contributed by atoms with Crippen LogP contribution in [-0.4, -0.2) is 29.0 Å². The summed E-state index contributed by atoms with van der Waals surface area (Å²) in [6.45, 7) is 4.07. The molecule has 6 heteroatoms. The number of nitrogens with one attached hydrogen (secondary N) is 1. The number of aromatic amines is 1. The Bertz CT molecular complexity index is 1240. The van der Waals surface area contributed by atoms with Gasteiger partial charge in [0.05, 0.1) is 25.3 Å². The van der Waals surface area contributed by atoms with E-state index in [1.807, 2.05) is 56.3 Å².